The first kappa shape index (κ1) is 38.1. The van der Waals surface area contributed by atoms with Gasteiger partial charge in [-0.05, 0) is 31.4 Å². The van der Waals surface area contributed by atoms with Crippen LogP contribution in [0.15, 0.2) is 30.6 Å². The number of benzene rings is 1. The normalized spacial score (nSPS) is 13.7. The highest BCUT2D eigenvalue weighted by Crippen LogP contribution is 2.58. The third-order valence-electron chi connectivity index (χ3n) is 7.42. The smallest absolute Gasteiger partial charge is 0.234 e. The maximum absolute atomic E-state index is 14.3. The van der Waals surface area contributed by atoms with E-state index in [9.17, 15) is 52.7 Å². The fourth-order valence-corrected chi connectivity index (χ4v) is 5.17. The molecule has 0 saturated heterocycles. The van der Waals surface area contributed by atoms with Gasteiger partial charge in [0.15, 0.2) is 0 Å². The highest BCUT2D eigenvalue weighted by molar-refractivity contribution is 6.31. The van der Waals surface area contributed by atoms with Crippen molar-refractivity contribution in [2.45, 2.75) is 127 Å². The molecule has 0 saturated carbocycles. The number of alkyl halides is 11. The van der Waals surface area contributed by atoms with Gasteiger partial charge in [-0.15, -0.1) is 0 Å². The number of hydrogen-bond acceptors (Lipinski definition) is 0. The molecule has 0 amide bonds. The van der Waals surface area contributed by atoms with Crippen LogP contribution in [-0.2, 0) is 13.1 Å². The largest absolute Gasteiger partial charge is 0.460 e. The van der Waals surface area contributed by atoms with Crippen molar-refractivity contribution in [1.29, 1.82) is 0 Å². The van der Waals surface area contributed by atoms with E-state index < -0.39 is 42.7 Å². The number of halogens is 13. The van der Waals surface area contributed by atoms with Gasteiger partial charge in [-0.25, -0.2) is 13.5 Å². The predicted octanol–water partition coefficient (Wildman–Crippen LogP) is 10.7. The van der Waals surface area contributed by atoms with Gasteiger partial charge < -0.3 is 0 Å². The number of hydrogen-bond donors (Lipinski definition) is 0. The van der Waals surface area contributed by atoms with Crippen LogP contribution in [0.4, 0.5) is 52.7 Å². The van der Waals surface area contributed by atoms with E-state index in [0.29, 0.717) is 23.4 Å². The summed E-state index contributed by atoms with van der Waals surface area (Å²) in [6.45, 7) is 5.06. The second-order valence-corrected chi connectivity index (χ2v) is 11.6. The molecule has 0 aliphatic carbocycles. The molecule has 0 aliphatic rings. The summed E-state index contributed by atoms with van der Waals surface area (Å²) in [5.41, 5.74) is 0.401. The average molecular weight is 676 g/mol. The molecule has 1 aromatic heterocycles. The number of nitrogens with zero attached hydrogens (tertiary/aromatic N) is 2. The molecule has 2 nitrogen and oxygen atoms in total. The molecule has 1 aromatic carbocycles. The second kappa shape index (κ2) is 15.0. The molecule has 0 radical (unpaired) electrons. The molecule has 44 heavy (non-hydrogen) atoms. The molecule has 15 heteroatoms. The number of aryl methyl sites for hydroxylation is 1. The molecule has 252 valence electrons. The topological polar surface area (TPSA) is 8.81 Å². The number of rotatable bonds is 18. The molecule has 2 rings (SSSR count). The van der Waals surface area contributed by atoms with E-state index in [2.05, 4.69) is 4.57 Å². The summed E-state index contributed by atoms with van der Waals surface area (Å²) < 4.78 is 162. The van der Waals surface area contributed by atoms with Crippen LogP contribution < -0.4 is 4.57 Å². The van der Waals surface area contributed by atoms with Gasteiger partial charge in [0.2, 0.25) is 0 Å². The van der Waals surface area contributed by atoms with Gasteiger partial charge in [0.25, 0.3) is 5.82 Å². The summed E-state index contributed by atoms with van der Waals surface area (Å²) in [5.74, 6) is -26.6. The number of aromatic nitrogens is 2. The first-order valence-corrected chi connectivity index (χ1v) is 14.7. The van der Waals surface area contributed by atoms with Crippen molar-refractivity contribution in [1.82, 2.24) is 4.57 Å². The fourth-order valence-electron chi connectivity index (χ4n) is 4.95. The van der Waals surface area contributed by atoms with Gasteiger partial charge in [-0.3, -0.25) is 0 Å². The molecular weight excluding hydrogens is 640 g/mol. The van der Waals surface area contributed by atoms with Crippen molar-refractivity contribution in [2.75, 3.05) is 0 Å². The third kappa shape index (κ3) is 8.57. The molecular formula is C29H36ClF12N2+. The first-order chi connectivity index (χ1) is 20.2. The van der Waals surface area contributed by atoms with Crippen LogP contribution in [0.5, 0.6) is 0 Å². The molecule has 0 atom stereocenters. The lowest BCUT2D eigenvalue weighted by Crippen LogP contribution is -2.66. The molecule has 1 heterocycles. The lowest BCUT2D eigenvalue weighted by molar-refractivity contribution is -0.696. The van der Waals surface area contributed by atoms with Crippen LogP contribution in [0.2, 0.25) is 5.02 Å². The van der Waals surface area contributed by atoms with Crippen LogP contribution in [0, 0.1) is 5.82 Å². The average Bonchev–Trinajstić information content (AvgIpc) is 3.31. The van der Waals surface area contributed by atoms with Gasteiger partial charge in [0.05, 0.1) is 17.5 Å². The number of unbranched alkanes of at least 4 members (excludes halogenated alkanes) is 8. The Labute approximate surface area is 253 Å². The zero-order valence-electron chi connectivity index (χ0n) is 24.3. The zero-order chi connectivity index (χ0) is 33.6. The Kier molecular flexibility index (Phi) is 13.0. The minimum atomic E-state index is -7.34. The zero-order valence-corrected chi connectivity index (χ0v) is 25.0. The van der Waals surface area contributed by atoms with Crippen LogP contribution in [0.25, 0.3) is 0 Å². The van der Waals surface area contributed by atoms with Crippen molar-refractivity contribution in [3.8, 4) is 0 Å². The molecule has 0 aliphatic heterocycles. The Morgan fingerprint density at radius 2 is 1.25 bits per heavy atom. The van der Waals surface area contributed by atoms with Crippen molar-refractivity contribution in [3.05, 3.63) is 52.8 Å². The van der Waals surface area contributed by atoms with Gasteiger partial charge in [-0.1, -0.05) is 70.0 Å². The van der Waals surface area contributed by atoms with Crippen LogP contribution in [0.3, 0.4) is 0 Å². The Balaban J connectivity index is 1.71. The van der Waals surface area contributed by atoms with Gasteiger partial charge in [0.1, 0.15) is 24.8 Å². The van der Waals surface area contributed by atoms with Crippen molar-refractivity contribution < 1.29 is 57.3 Å². The minimum absolute atomic E-state index is 0.114. The summed E-state index contributed by atoms with van der Waals surface area (Å²) in [6.07, 6.45) is -1.39. The molecule has 0 unspecified atom stereocenters. The number of imidazole rings is 1. The second-order valence-electron chi connectivity index (χ2n) is 11.2. The third-order valence-corrected chi connectivity index (χ3v) is 7.77. The Morgan fingerprint density at radius 1 is 0.727 bits per heavy atom. The van der Waals surface area contributed by atoms with Gasteiger partial charge in [-0.2, -0.15) is 48.3 Å². The highest BCUT2D eigenvalue weighted by Gasteiger charge is 2.86. The van der Waals surface area contributed by atoms with E-state index >= 15 is 0 Å². The summed E-state index contributed by atoms with van der Waals surface area (Å²) >= 11 is 6.18. The molecule has 2 aromatic rings. The Bertz CT molecular complexity index is 1170. The maximum Gasteiger partial charge on any atom is 0.460 e. The van der Waals surface area contributed by atoms with Crippen molar-refractivity contribution in [3.63, 3.8) is 0 Å². The predicted molar refractivity (Wildman–Crippen MR) is 141 cm³/mol. The van der Waals surface area contributed by atoms with Gasteiger partial charge in [0, 0.05) is 12.0 Å². The standard InChI is InChI=1S/C29H36ClF12N2/c1-20(2)24-43(17-18-44(24)19-21-22(30)13-12-14-23(21)31)16-11-9-7-5-3-4-6-8-10-15-25(32,33)26(34,35)27(36,37)28(38,39)29(40,41)42/h12-14,17-18,20H,3-11,15-16,19H2,1-2H3/q+1. The lowest BCUT2D eigenvalue weighted by atomic mass is 9.94. The summed E-state index contributed by atoms with van der Waals surface area (Å²) in [7, 11) is 0. The molecule has 0 bridgehead atoms. The Hall–Kier alpha value is -2.12. The monoisotopic (exact) mass is 675 g/mol. The Morgan fingerprint density at radius 3 is 1.75 bits per heavy atom. The first-order valence-electron chi connectivity index (χ1n) is 14.3. The molecule has 0 spiro atoms. The lowest BCUT2D eigenvalue weighted by Gasteiger charge is -2.37. The van der Waals surface area contributed by atoms with Crippen molar-refractivity contribution >= 4 is 11.6 Å². The molecule has 0 N–H and O–H groups in total. The van der Waals surface area contributed by atoms with E-state index in [1.165, 1.54) is 6.07 Å². The van der Waals surface area contributed by atoms with Crippen molar-refractivity contribution in [2.24, 2.45) is 0 Å². The van der Waals surface area contributed by atoms with Crippen LogP contribution >= 0.6 is 11.6 Å². The van der Waals surface area contributed by atoms with Gasteiger partial charge >= 0.3 is 29.9 Å². The van der Waals surface area contributed by atoms with Crippen LogP contribution in [-0.4, -0.2) is 34.4 Å². The fraction of sp³-hybridized carbons (Fsp3) is 0.690. The SMILES string of the molecule is CC(C)c1n(CCCCCCCCCCCC(F)(F)C(F)(F)C(F)(F)C(F)(F)C(F)(F)F)cc[n+]1Cc1c(F)cccc1Cl. The molecule has 0 fully saturated rings. The minimum Gasteiger partial charge on any atom is -0.234 e. The maximum atomic E-state index is 14.3. The summed E-state index contributed by atoms with van der Waals surface area (Å²) in [4.78, 5) is 0. The van der Waals surface area contributed by atoms with E-state index in [1.807, 2.05) is 30.8 Å². The summed E-state index contributed by atoms with van der Waals surface area (Å²) in [5, 5.41) is 0.344. The van der Waals surface area contributed by atoms with Crippen LogP contribution in [0.1, 0.15) is 95.4 Å². The highest BCUT2D eigenvalue weighted by atomic mass is 35.5. The van der Waals surface area contributed by atoms with E-state index in [0.717, 1.165) is 38.1 Å². The quantitative estimate of drug-likeness (QED) is 0.0845. The van der Waals surface area contributed by atoms with E-state index in [4.69, 9.17) is 11.6 Å². The summed E-state index contributed by atoms with van der Waals surface area (Å²) in [6, 6.07) is 4.53. The van der Waals surface area contributed by atoms with E-state index in [1.54, 1.807) is 12.1 Å². The van der Waals surface area contributed by atoms with E-state index in [-0.39, 0.29) is 31.1 Å².